The summed E-state index contributed by atoms with van der Waals surface area (Å²) in [6.45, 7) is 1.13. The van der Waals surface area contributed by atoms with Gasteiger partial charge in [0.15, 0.2) is 5.78 Å². The van der Waals surface area contributed by atoms with Crippen LogP contribution in [0, 0.1) is 11.6 Å². The molecule has 1 aliphatic heterocycles. The molecule has 4 aromatic rings. The van der Waals surface area contributed by atoms with Crippen LogP contribution in [0.2, 0.25) is 10.0 Å². The summed E-state index contributed by atoms with van der Waals surface area (Å²) in [6.07, 6.45) is 1.68. The number of sulfonamides is 2. The third-order valence-corrected chi connectivity index (χ3v) is 13.9. The van der Waals surface area contributed by atoms with E-state index in [4.69, 9.17) is 128 Å². The van der Waals surface area contributed by atoms with E-state index in [9.17, 15) is 70.4 Å². The average Bonchev–Trinajstić information content (AvgIpc) is 2.06. The molecule has 1 aliphatic rings. The first-order valence-corrected chi connectivity index (χ1v) is 39.5. The Hall–Kier alpha value is -2.13. The van der Waals surface area contributed by atoms with Crippen molar-refractivity contribution in [2.24, 2.45) is 31.2 Å². The maximum atomic E-state index is 13.5. The number of aromatic hydroxyl groups is 2. The number of carbonyl (C=O) groups is 1. The average molecular weight is 1560 g/mol. The van der Waals surface area contributed by atoms with Crippen molar-refractivity contribution < 1.29 is 139 Å². The van der Waals surface area contributed by atoms with Crippen LogP contribution in [-0.2, 0) is 53.5 Å². The number of ketones is 1. The van der Waals surface area contributed by atoms with Crippen molar-refractivity contribution in [1.29, 1.82) is 0 Å². The summed E-state index contributed by atoms with van der Waals surface area (Å²) in [4.78, 5) is 22.6. The number of phenolic OH excluding ortho intramolecular Hbond substituents is 2. The van der Waals surface area contributed by atoms with Crippen molar-refractivity contribution in [3.8, 4) is 11.5 Å². The maximum absolute atomic E-state index is 13.5. The van der Waals surface area contributed by atoms with Crippen molar-refractivity contribution in [3.05, 3.63) is 166 Å². The molecule has 89 heavy (non-hydrogen) atoms. The second-order valence-corrected chi connectivity index (χ2v) is 42.5. The first kappa shape index (κ1) is 97.9. The molecule has 0 radical (unpaired) electrons. The van der Waals surface area contributed by atoms with Gasteiger partial charge >= 0.3 is 119 Å². The molecule has 0 amide bonds. The number of aliphatic hydroxyl groups is 1. The standard InChI is InChI=1S/C16H16ClFN2O3S.C13H8ClFO2.C3H6ClN3O2S.C3H7N3O3S.C3H10N2O2S.C3H6O3S.CH4O.Cl5P.N3.2Na/c17-12-4-2-11(3-5-12)16(20-8-1-9-24(19,22)23)14-10-13(18)6-7-15(14)21;14-9-3-1-8(2-4-9)13(17)11-7-10(15)5-6-12(11)16;4-10(8,9)3-1-2-6-7-5;4-6-5-2-1-3-10(7,8)9;4-2-1-3-8(5,6)7;4-7(5)3-1-2-6-7;1-2;1-6(2,3,4)5;1-3-2;;/h2-7,10,21H,1,8-9H2,(H2,19,22,23);1-7,16H;1-3H2;1-3H2,(H,7,8,9);1-4H2,(H2,5,6,7);1-3H2;2H,1H3;;;;/q;;;;;;;;-1;2*+1/p-1. The van der Waals surface area contributed by atoms with Gasteiger partial charge in [-0.25, -0.2) is 52.7 Å². The molecular weight excluding hydrogens is 1500 g/mol. The summed E-state index contributed by atoms with van der Waals surface area (Å²) >= 11 is 36.5. The summed E-state index contributed by atoms with van der Waals surface area (Å²) < 4.78 is 140. The van der Waals surface area contributed by atoms with Crippen molar-refractivity contribution in [3.63, 3.8) is 0 Å². The van der Waals surface area contributed by atoms with Crippen LogP contribution in [0.3, 0.4) is 0 Å². The Kier molecular flexibility index (Phi) is 56.4. The molecule has 0 bridgehead atoms. The Labute approximate surface area is 595 Å². The fourth-order valence-corrected chi connectivity index (χ4v) is 8.61. The first-order valence-electron chi connectivity index (χ1n) is 23.0. The number of nitrogens with two attached hydrogens (primary N) is 3. The van der Waals surface area contributed by atoms with Gasteiger partial charge in [0, 0.05) is 79.7 Å². The normalized spacial score (nSPS) is 12.4. The number of nitrogens with zero attached hydrogens (tertiary/aromatic N) is 10. The van der Waals surface area contributed by atoms with Gasteiger partial charge in [-0.2, -0.15) is 8.42 Å². The molecule has 9 N–H and O–H groups in total. The molecule has 1 saturated heterocycles. The van der Waals surface area contributed by atoms with E-state index in [2.05, 4.69) is 34.4 Å². The van der Waals surface area contributed by atoms with Crippen LogP contribution in [0.4, 0.5) is 8.78 Å². The number of hydrogen-bond donors (Lipinski definition) is 6. The topological polar surface area (TPSA) is 527 Å². The number of carbonyl (C=O) groups excluding carboxylic acids is 1. The number of benzene rings is 4. The van der Waals surface area contributed by atoms with E-state index in [1.165, 1.54) is 29.2 Å². The van der Waals surface area contributed by atoms with Crippen molar-refractivity contribution in [1.82, 2.24) is 0 Å². The monoisotopic (exact) mass is 1550 g/mol. The minimum absolute atomic E-state index is 0. The number of azide groups is 2. The van der Waals surface area contributed by atoms with Crippen molar-refractivity contribution in [2.45, 2.75) is 32.1 Å². The fraction of sp³-hybridized carbons (Fsp3) is 0.381. The minimum Gasteiger partial charge on any atom is -0.748 e. The van der Waals surface area contributed by atoms with E-state index < -0.39 is 75.9 Å². The Morgan fingerprint density at radius 2 is 1.03 bits per heavy atom. The number of aliphatic imine (C=N–C) groups is 1. The molecule has 47 heteroatoms. The van der Waals surface area contributed by atoms with E-state index >= 15 is 0 Å². The summed E-state index contributed by atoms with van der Waals surface area (Å²) in [5, 5.41) is 43.3. The van der Waals surface area contributed by atoms with Crippen molar-refractivity contribution in [2.75, 3.05) is 68.7 Å². The van der Waals surface area contributed by atoms with E-state index in [1.807, 2.05) is 0 Å². The van der Waals surface area contributed by atoms with Crippen LogP contribution in [0.5, 0.6) is 11.5 Å². The van der Waals surface area contributed by atoms with Crippen LogP contribution in [0.1, 0.15) is 59.2 Å². The van der Waals surface area contributed by atoms with Gasteiger partial charge in [0.1, 0.15) is 23.1 Å². The molecule has 29 nitrogen and oxygen atoms in total. The number of aliphatic hydroxyl groups excluding tert-OH is 1. The number of primary sulfonamides is 2. The van der Waals surface area contributed by atoms with Crippen LogP contribution < -0.4 is 75.1 Å². The molecule has 1 heterocycles. The smallest absolute Gasteiger partial charge is 0.748 e. The van der Waals surface area contributed by atoms with E-state index in [0.29, 0.717) is 52.9 Å². The summed E-state index contributed by atoms with van der Waals surface area (Å²) in [6, 6.07) is 19.6. The second-order valence-electron chi connectivity index (χ2n) is 15.4. The van der Waals surface area contributed by atoms with E-state index in [1.54, 1.807) is 36.4 Å². The molecule has 1 fully saturated rings. The van der Waals surface area contributed by atoms with Crippen LogP contribution in [0.15, 0.2) is 100 Å². The molecule has 5 rings (SSSR count). The van der Waals surface area contributed by atoms with Gasteiger partial charge in [-0.15, -0.1) is 0 Å². The molecule has 0 aliphatic carbocycles. The third-order valence-electron chi connectivity index (χ3n) is 8.36. The Balaban J connectivity index is -0.000000234. The van der Waals surface area contributed by atoms with Crippen LogP contribution >= 0.6 is 93.5 Å². The van der Waals surface area contributed by atoms with Gasteiger partial charge in [0.05, 0.1) is 51.0 Å². The quantitative estimate of drug-likeness (QED) is 0.00630. The Morgan fingerprint density at radius 3 is 1.36 bits per heavy atom. The molecule has 0 atom stereocenters. The fourth-order valence-electron chi connectivity index (χ4n) is 5.02. The summed E-state index contributed by atoms with van der Waals surface area (Å²) in [5.41, 5.74) is 35.5. The SMILES string of the molecule is CO.ClP(Cl)(Cl)(Cl)Cl.NCCCS(N)(=O)=O.NS(=O)(=O)CCCN=C(c1ccc(Cl)cc1)c1cc(F)ccc1O.O=C(c1ccc(Cl)cc1)c1cc(F)ccc1O.O=S1(=O)CCCO1.[N-]=[N+]=NCCCS(=O)(=O)Cl.[N-]=[N+]=NCCCS(=O)(=O)[O-].[N-]=[N+]=[N-].[Na+].[Na+]. The summed E-state index contributed by atoms with van der Waals surface area (Å²) in [7, 11) is -11.6. The number of hydrogen-bond acceptors (Lipinski definition) is 20. The maximum Gasteiger partial charge on any atom is 1.00 e. The predicted molar refractivity (Wildman–Crippen MR) is 337 cm³/mol. The van der Waals surface area contributed by atoms with Gasteiger partial charge < -0.3 is 36.7 Å². The Bertz CT molecular complexity index is 3440. The molecule has 4 aromatic carbocycles. The summed E-state index contributed by atoms with van der Waals surface area (Å²) in [5.74, 6) is -2.54. The zero-order chi connectivity index (χ0) is 68.3. The molecule has 0 spiro atoms. The largest absolute Gasteiger partial charge is 1.00 e. The molecule has 0 aromatic heterocycles. The Morgan fingerprint density at radius 1 is 0.663 bits per heavy atom. The van der Waals surface area contributed by atoms with Crippen LogP contribution in [-0.4, -0.2) is 142 Å². The van der Waals surface area contributed by atoms with Gasteiger partial charge in [-0.3, -0.25) is 18.9 Å². The number of phenols is 2. The third kappa shape index (κ3) is 65.7. The molecule has 0 unspecified atom stereocenters. The minimum atomic E-state index is -4.14. The molecular formula is C42H56Cl8F2N13Na2O16PS5. The van der Waals surface area contributed by atoms with Gasteiger partial charge in [0.2, 0.25) is 29.1 Å². The van der Waals surface area contributed by atoms with E-state index in [0.717, 1.165) is 31.4 Å². The second kappa shape index (κ2) is 51.2. The van der Waals surface area contributed by atoms with Gasteiger partial charge in [-0.05, 0) is 123 Å². The zero-order valence-electron chi connectivity index (χ0n) is 46.8. The zero-order valence-corrected chi connectivity index (χ0v) is 61.8. The predicted octanol–water partition coefficient (Wildman–Crippen LogP) is 4.76. The van der Waals surface area contributed by atoms with Gasteiger partial charge in [-0.1, -0.05) is 45.6 Å². The first-order chi connectivity index (χ1) is 39.9. The van der Waals surface area contributed by atoms with E-state index in [-0.39, 0.29) is 144 Å². The molecule has 492 valence electrons. The number of halogens is 10. The molecule has 0 saturated carbocycles. The van der Waals surface area contributed by atoms with Gasteiger partial charge in [0.25, 0.3) is 10.1 Å². The number of rotatable bonds is 19. The van der Waals surface area contributed by atoms with Crippen LogP contribution in [0.25, 0.3) is 36.9 Å². The van der Waals surface area contributed by atoms with Crippen molar-refractivity contribution >= 4 is 154 Å².